The van der Waals surface area contributed by atoms with Gasteiger partial charge in [-0.05, 0) is 43.0 Å². The summed E-state index contributed by atoms with van der Waals surface area (Å²) < 4.78 is 0. The summed E-state index contributed by atoms with van der Waals surface area (Å²) in [7, 11) is 0. The fourth-order valence-corrected chi connectivity index (χ4v) is 4.85. The van der Waals surface area contributed by atoms with Gasteiger partial charge in [0.15, 0.2) is 0 Å². The molecule has 2 aliphatic rings. The number of nitrogens with zero attached hydrogens (tertiary/aromatic N) is 4. The lowest BCUT2D eigenvalue weighted by atomic mass is 9.95. The van der Waals surface area contributed by atoms with Gasteiger partial charge in [-0.2, -0.15) is 0 Å². The van der Waals surface area contributed by atoms with Gasteiger partial charge in [-0.1, -0.05) is 18.9 Å². The van der Waals surface area contributed by atoms with Gasteiger partial charge in [0, 0.05) is 50.1 Å². The maximum atomic E-state index is 13.2. The quantitative estimate of drug-likeness (QED) is 0.512. The average molecular weight is 452 g/mol. The molecular weight excluding hydrogens is 422 g/mol. The maximum absolute atomic E-state index is 13.2. The summed E-state index contributed by atoms with van der Waals surface area (Å²) in [6.45, 7) is 2.69. The summed E-state index contributed by atoms with van der Waals surface area (Å²) in [6, 6.07) is 11.2. The number of nitrogens with one attached hydrogen (secondary N) is 1. The number of piperazine rings is 1. The Morgan fingerprint density at radius 1 is 1.06 bits per heavy atom. The minimum atomic E-state index is -0.477. The maximum Gasteiger partial charge on any atom is 0.269 e. The molecule has 1 saturated heterocycles. The molecule has 0 radical (unpaired) electrons. The zero-order valence-corrected chi connectivity index (χ0v) is 18.6. The number of benzene rings is 1. The molecule has 1 aliphatic carbocycles. The SMILES string of the molecule is O=C(NCc1ccccn1)[C@@H](C1CCCC1)N1CCN(C(=O)c2ccc([N+](=O)[O-])cc2)CC1. The second-order valence-electron chi connectivity index (χ2n) is 8.66. The molecule has 2 amide bonds. The van der Waals surface area contributed by atoms with Gasteiger partial charge in [0.05, 0.1) is 23.2 Å². The molecule has 2 fully saturated rings. The van der Waals surface area contributed by atoms with Crippen LogP contribution in [-0.4, -0.2) is 63.7 Å². The van der Waals surface area contributed by atoms with Crippen molar-refractivity contribution in [2.45, 2.75) is 38.3 Å². The first-order valence-electron chi connectivity index (χ1n) is 11.5. The monoisotopic (exact) mass is 451 g/mol. The van der Waals surface area contributed by atoms with Crippen LogP contribution < -0.4 is 5.32 Å². The Morgan fingerprint density at radius 3 is 2.36 bits per heavy atom. The largest absolute Gasteiger partial charge is 0.349 e. The lowest BCUT2D eigenvalue weighted by Gasteiger charge is -2.40. The second-order valence-corrected chi connectivity index (χ2v) is 8.66. The molecule has 4 rings (SSSR count). The number of hydrogen-bond donors (Lipinski definition) is 1. The third-order valence-corrected chi connectivity index (χ3v) is 6.60. The molecule has 33 heavy (non-hydrogen) atoms. The fourth-order valence-electron chi connectivity index (χ4n) is 4.85. The predicted octanol–water partition coefficient (Wildman–Crippen LogP) is 2.62. The molecule has 9 nitrogen and oxygen atoms in total. The molecule has 1 aromatic carbocycles. The minimum absolute atomic E-state index is 0.0303. The number of hydrogen-bond acceptors (Lipinski definition) is 6. The smallest absolute Gasteiger partial charge is 0.269 e. The first-order valence-corrected chi connectivity index (χ1v) is 11.5. The lowest BCUT2D eigenvalue weighted by Crippen LogP contribution is -2.57. The van der Waals surface area contributed by atoms with E-state index in [0.717, 1.165) is 31.4 Å². The zero-order valence-electron chi connectivity index (χ0n) is 18.6. The van der Waals surface area contributed by atoms with Crippen LogP contribution in [0, 0.1) is 16.0 Å². The molecule has 1 N–H and O–H groups in total. The number of aromatic nitrogens is 1. The van der Waals surface area contributed by atoms with E-state index in [4.69, 9.17) is 0 Å². The van der Waals surface area contributed by atoms with Crippen molar-refractivity contribution in [3.05, 3.63) is 70.0 Å². The van der Waals surface area contributed by atoms with Crippen LogP contribution >= 0.6 is 0 Å². The van der Waals surface area contributed by atoms with E-state index >= 15 is 0 Å². The Labute approximate surface area is 192 Å². The lowest BCUT2D eigenvalue weighted by molar-refractivity contribution is -0.384. The van der Waals surface area contributed by atoms with Crippen molar-refractivity contribution >= 4 is 17.5 Å². The highest BCUT2D eigenvalue weighted by molar-refractivity contribution is 5.94. The highest BCUT2D eigenvalue weighted by atomic mass is 16.6. The van der Waals surface area contributed by atoms with Gasteiger partial charge in [0.25, 0.3) is 11.6 Å². The van der Waals surface area contributed by atoms with Crippen LogP contribution in [-0.2, 0) is 11.3 Å². The number of carbonyl (C=O) groups excluding carboxylic acids is 2. The van der Waals surface area contributed by atoms with Crippen molar-refractivity contribution < 1.29 is 14.5 Å². The first-order chi connectivity index (χ1) is 16.0. The highest BCUT2D eigenvalue weighted by Crippen LogP contribution is 2.31. The molecule has 0 spiro atoms. The van der Waals surface area contributed by atoms with Crippen LogP contribution in [0.1, 0.15) is 41.7 Å². The Morgan fingerprint density at radius 2 is 1.76 bits per heavy atom. The molecule has 2 aromatic rings. The number of pyridine rings is 1. The van der Waals surface area contributed by atoms with Crippen molar-refractivity contribution in [1.82, 2.24) is 20.1 Å². The van der Waals surface area contributed by atoms with E-state index in [1.807, 2.05) is 18.2 Å². The number of nitro groups is 1. The predicted molar refractivity (Wildman–Crippen MR) is 122 cm³/mol. The van der Waals surface area contributed by atoms with Crippen LogP contribution in [0.3, 0.4) is 0 Å². The molecule has 2 heterocycles. The van der Waals surface area contributed by atoms with Gasteiger partial charge >= 0.3 is 0 Å². The highest BCUT2D eigenvalue weighted by Gasteiger charge is 2.37. The van der Waals surface area contributed by atoms with E-state index < -0.39 is 4.92 Å². The summed E-state index contributed by atoms with van der Waals surface area (Å²) in [5.74, 6) is 0.218. The molecule has 1 aromatic heterocycles. The van der Waals surface area contributed by atoms with Gasteiger partial charge in [0.2, 0.25) is 5.91 Å². The van der Waals surface area contributed by atoms with Crippen molar-refractivity contribution in [2.24, 2.45) is 5.92 Å². The van der Waals surface area contributed by atoms with E-state index in [-0.39, 0.29) is 23.5 Å². The molecule has 0 bridgehead atoms. The second kappa shape index (κ2) is 10.5. The molecule has 1 aliphatic heterocycles. The topological polar surface area (TPSA) is 109 Å². The number of non-ortho nitro benzene ring substituents is 1. The fraction of sp³-hybridized carbons (Fsp3) is 0.458. The molecule has 174 valence electrons. The first kappa shape index (κ1) is 22.8. The standard InChI is InChI=1S/C24H29N5O4/c30-23(26-17-20-7-3-4-12-25-20)22(18-5-1-2-6-18)27-13-15-28(16-14-27)24(31)19-8-10-21(11-9-19)29(32)33/h3-4,7-12,18,22H,1-2,5-6,13-17H2,(H,26,30)/t22-/m1/s1. The Balaban J connectivity index is 1.37. The molecule has 9 heteroatoms. The van der Waals surface area contributed by atoms with E-state index in [2.05, 4.69) is 15.2 Å². The van der Waals surface area contributed by atoms with Crippen molar-refractivity contribution in [1.29, 1.82) is 0 Å². The Hall–Kier alpha value is -3.33. The number of amides is 2. The average Bonchev–Trinajstić information content (AvgIpc) is 3.38. The van der Waals surface area contributed by atoms with Crippen molar-refractivity contribution in [2.75, 3.05) is 26.2 Å². The Bertz CT molecular complexity index is 968. The summed E-state index contributed by atoms with van der Waals surface area (Å²) in [6.07, 6.45) is 6.10. The normalized spacial score (nSPS) is 18.1. The van der Waals surface area contributed by atoms with E-state index in [0.29, 0.717) is 44.2 Å². The van der Waals surface area contributed by atoms with Crippen LogP contribution in [0.4, 0.5) is 5.69 Å². The zero-order chi connectivity index (χ0) is 23.2. The summed E-state index contributed by atoms with van der Waals surface area (Å²) in [5, 5.41) is 13.9. The van der Waals surface area contributed by atoms with Gasteiger partial charge in [-0.15, -0.1) is 0 Å². The summed E-state index contributed by atoms with van der Waals surface area (Å²) in [4.78, 5) is 44.7. The van der Waals surface area contributed by atoms with Crippen LogP contribution in [0.25, 0.3) is 0 Å². The van der Waals surface area contributed by atoms with Crippen molar-refractivity contribution in [3.63, 3.8) is 0 Å². The number of rotatable bonds is 7. The van der Waals surface area contributed by atoms with Gasteiger partial charge in [-0.3, -0.25) is 29.6 Å². The van der Waals surface area contributed by atoms with E-state index in [1.165, 1.54) is 24.3 Å². The van der Waals surface area contributed by atoms with Crippen LogP contribution in [0.5, 0.6) is 0 Å². The number of carbonyl (C=O) groups is 2. The van der Waals surface area contributed by atoms with Gasteiger partial charge in [0.1, 0.15) is 0 Å². The molecular formula is C24H29N5O4. The van der Waals surface area contributed by atoms with E-state index in [1.54, 1.807) is 11.1 Å². The van der Waals surface area contributed by atoms with Crippen molar-refractivity contribution in [3.8, 4) is 0 Å². The molecule has 0 unspecified atom stereocenters. The third kappa shape index (κ3) is 5.54. The Kier molecular flexibility index (Phi) is 7.29. The van der Waals surface area contributed by atoms with E-state index in [9.17, 15) is 19.7 Å². The van der Waals surface area contributed by atoms with Crippen LogP contribution in [0.2, 0.25) is 0 Å². The number of nitro benzene ring substituents is 1. The summed E-state index contributed by atoms with van der Waals surface area (Å²) >= 11 is 0. The third-order valence-electron chi connectivity index (χ3n) is 6.60. The molecule has 1 saturated carbocycles. The van der Waals surface area contributed by atoms with Crippen LogP contribution in [0.15, 0.2) is 48.7 Å². The molecule has 1 atom stereocenters. The van der Waals surface area contributed by atoms with Gasteiger partial charge in [-0.25, -0.2) is 0 Å². The van der Waals surface area contributed by atoms with Gasteiger partial charge < -0.3 is 10.2 Å². The minimum Gasteiger partial charge on any atom is -0.349 e. The summed E-state index contributed by atoms with van der Waals surface area (Å²) in [5.41, 5.74) is 1.23.